The third kappa shape index (κ3) is 4.11. The number of ether oxygens (including phenoxy) is 1. The van der Waals surface area contributed by atoms with Gasteiger partial charge in [0.1, 0.15) is 23.2 Å². The van der Waals surface area contributed by atoms with Crippen molar-refractivity contribution < 1.29 is 38.9 Å². The van der Waals surface area contributed by atoms with Crippen LogP contribution in [0, 0.1) is 0 Å². The lowest BCUT2D eigenvalue weighted by Gasteiger charge is -2.40. The van der Waals surface area contributed by atoms with Gasteiger partial charge in [-0.25, -0.2) is 4.79 Å². The zero-order chi connectivity index (χ0) is 20.6. The number of benzene rings is 1. The van der Waals surface area contributed by atoms with Crippen molar-refractivity contribution in [2.45, 2.75) is 38.2 Å². The van der Waals surface area contributed by atoms with Gasteiger partial charge >= 0.3 is 12.7 Å². The molecule has 5 N–H and O–H groups in total. The van der Waals surface area contributed by atoms with Crippen LogP contribution >= 0.6 is 0 Å². The van der Waals surface area contributed by atoms with Gasteiger partial charge in [0.25, 0.3) is 0 Å². The van der Waals surface area contributed by atoms with Crippen molar-refractivity contribution >= 4 is 24.4 Å². The lowest BCUT2D eigenvalue weighted by atomic mass is 9.70. The molecule has 1 fully saturated rings. The van der Waals surface area contributed by atoms with Crippen molar-refractivity contribution in [3.8, 4) is 11.5 Å². The topological polar surface area (TPSA) is 160 Å². The summed E-state index contributed by atoms with van der Waals surface area (Å²) >= 11 is 0. The number of nitrogens with two attached hydrogens (primary N) is 1. The number of carbonyl (C=O) groups is 3. The number of Topliss-reactive ketones (excluding diaryl/α,β-unsaturated/α-hetero) is 1. The van der Waals surface area contributed by atoms with E-state index in [2.05, 4.69) is 0 Å². The van der Waals surface area contributed by atoms with E-state index in [0.717, 1.165) is 0 Å². The average Bonchev–Trinajstić information content (AvgIpc) is 2.55. The number of amides is 1. The van der Waals surface area contributed by atoms with E-state index in [4.69, 9.17) is 15.1 Å². The van der Waals surface area contributed by atoms with E-state index < -0.39 is 24.9 Å². The van der Waals surface area contributed by atoms with E-state index in [-0.39, 0.29) is 61.0 Å². The Balaban J connectivity index is 1.69. The van der Waals surface area contributed by atoms with E-state index in [1.807, 2.05) is 0 Å². The summed E-state index contributed by atoms with van der Waals surface area (Å²) in [5, 5.41) is 29.1. The molecule has 0 unspecified atom stereocenters. The van der Waals surface area contributed by atoms with Crippen molar-refractivity contribution in [2.24, 2.45) is 5.73 Å². The molecule has 0 saturated carbocycles. The van der Waals surface area contributed by atoms with Gasteiger partial charge in [0.2, 0.25) is 5.91 Å². The molecule has 1 amide bonds. The highest BCUT2D eigenvalue weighted by atomic mass is 16.6. The molecule has 1 aromatic carbocycles. The van der Waals surface area contributed by atoms with E-state index in [1.165, 1.54) is 17.9 Å². The summed E-state index contributed by atoms with van der Waals surface area (Å²) in [5.74, 6) is -1.95. The van der Waals surface area contributed by atoms with E-state index in [0.29, 0.717) is 5.56 Å². The summed E-state index contributed by atoms with van der Waals surface area (Å²) in [7, 11) is 0. The van der Waals surface area contributed by atoms with Crippen LogP contribution in [-0.4, -0.2) is 69.7 Å². The number of fused-ring (bicyclic) bond motifs is 1. The molecule has 2 heterocycles. The quantitative estimate of drug-likeness (QED) is 0.451. The molecule has 1 atom stereocenters. The molecule has 0 aliphatic carbocycles. The number of hydrogen-bond donors (Lipinski definition) is 4. The SMILES string of the molecule is CC(=O)[C@@H](N)CC(=O)N1CC(Oc2ccc3c(c2C(=O)O)O[B-](O)(O)CC3)C1. The van der Waals surface area contributed by atoms with Crippen molar-refractivity contribution in [3.05, 3.63) is 23.3 Å². The highest BCUT2D eigenvalue weighted by Gasteiger charge is 2.36. The van der Waals surface area contributed by atoms with E-state index in [1.54, 1.807) is 6.07 Å². The van der Waals surface area contributed by atoms with Crippen molar-refractivity contribution in [1.29, 1.82) is 0 Å². The fourth-order valence-electron chi connectivity index (χ4n) is 3.19. The standard InChI is InChI=1S/C17H22BN2O8/c1-9(21)12(19)6-14(22)20-7-11(8-20)27-13-3-2-10-4-5-18(25,26)28-16(10)15(13)17(23)24/h2-3,11-12,25-26H,4-8,19H2,1H3,(H,23,24)/q-1/t12-/m0/s1. The first-order chi connectivity index (χ1) is 13.1. The van der Waals surface area contributed by atoms with Crippen molar-refractivity contribution in [1.82, 2.24) is 4.90 Å². The Morgan fingerprint density at radius 3 is 2.64 bits per heavy atom. The molecule has 28 heavy (non-hydrogen) atoms. The fourth-order valence-corrected chi connectivity index (χ4v) is 3.19. The minimum absolute atomic E-state index is 0.0195. The monoisotopic (exact) mass is 393 g/mol. The maximum atomic E-state index is 12.0. The van der Waals surface area contributed by atoms with Crippen LogP contribution in [0.4, 0.5) is 0 Å². The number of aryl methyl sites for hydroxylation is 1. The van der Waals surface area contributed by atoms with Gasteiger partial charge in [-0.05, 0) is 25.0 Å². The largest absolute Gasteiger partial charge is 0.669 e. The Morgan fingerprint density at radius 2 is 2.04 bits per heavy atom. The van der Waals surface area contributed by atoms with Gasteiger partial charge in [-0.1, -0.05) is 12.4 Å². The fraction of sp³-hybridized carbons (Fsp3) is 0.471. The zero-order valence-corrected chi connectivity index (χ0v) is 15.3. The predicted molar refractivity (Wildman–Crippen MR) is 97.0 cm³/mol. The smallest absolute Gasteiger partial charge is 0.430 e. The molecule has 0 bridgehead atoms. The van der Waals surface area contributed by atoms with Crippen LogP contribution in [0.3, 0.4) is 0 Å². The number of rotatable bonds is 6. The molecule has 0 aromatic heterocycles. The number of carboxylic acids is 1. The Kier molecular flexibility index (Phi) is 5.33. The number of carboxylic acid groups (broad SMARTS) is 1. The summed E-state index contributed by atoms with van der Waals surface area (Å²) in [6.45, 7) is -1.33. The molecular formula is C17H22BN2O8-. The van der Waals surface area contributed by atoms with Crippen molar-refractivity contribution in [3.63, 3.8) is 0 Å². The number of hydrogen-bond acceptors (Lipinski definition) is 8. The molecular weight excluding hydrogens is 371 g/mol. The van der Waals surface area contributed by atoms with Crippen LogP contribution < -0.4 is 15.1 Å². The van der Waals surface area contributed by atoms with Gasteiger partial charge in [-0.15, -0.1) is 0 Å². The van der Waals surface area contributed by atoms with Gasteiger partial charge in [0, 0.05) is 6.42 Å². The number of likely N-dealkylation sites (tertiary alicyclic amines) is 1. The van der Waals surface area contributed by atoms with Crippen LogP contribution in [-0.2, 0) is 16.0 Å². The molecule has 1 saturated heterocycles. The summed E-state index contributed by atoms with van der Waals surface area (Å²) in [4.78, 5) is 36.4. The second kappa shape index (κ2) is 7.42. The second-order valence-electron chi connectivity index (χ2n) is 7.21. The first-order valence-electron chi connectivity index (χ1n) is 8.96. The number of nitrogens with zero attached hydrogens (tertiary/aromatic N) is 1. The number of ketones is 1. The first kappa shape index (κ1) is 20.1. The second-order valence-corrected chi connectivity index (χ2v) is 7.21. The Labute approximate surface area is 160 Å². The molecule has 3 rings (SSSR count). The minimum Gasteiger partial charge on any atom is -0.669 e. The normalized spacial score (nSPS) is 19.1. The molecule has 10 nitrogen and oxygen atoms in total. The highest BCUT2D eigenvalue weighted by Crippen LogP contribution is 2.38. The molecule has 2 aliphatic rings. The Hall–Kier alpha value is -2.63. The van der Waals surface area contributed by atoms with Crippen LogP contribution in [0.5, 0.6) is 11.5 Å². The van der Waals surface area contributed by atoms with Crippen molar-refractivity contribution in [2.75, 3.05) is 13.1 Å². The first-order valence-corrected chi connectivity index (χ1v) is 8.96. The molecule has 0 spiro atoms. The number of carbonyl (C=O) groups excluding carboxylic acids is 2. The maximum Gasteiger partial charge on any atom is 0.430 e. The lowest BCUT2D eigenvalue weighted by Crippen LogP contribution is -2.57. The van der Waals surface area contributed by atoms with Gasteiger partial charge in [0.15, 0.2) is 0 Å². The molecule has 1 aromatic rings. The molecule has 11 heteroatoms. The summed E-state index contributed by atoms with van der Waals surface area (Å²) in [6, 6.07) is 2.27. The summed E-state index contributed by atoms with van der Waals surface area (Å²) < 4.78 is 10.8. The van der Waals surface area contributed by atoms with Gasteiger partial charge in [-0.2, -0.15) is 0 Å². The summed E-state index contributed by atoms with van der Waals surface area (Å²) in [6.07, 6.45) is -0.276. The third-order valence-corrected chi connectivity index (χ3v) is 4.92. The predicted octanol–water partition coefficient (Wildman–Crippen LogP) is -0.861. The average molecular weight is 393 g/mol. The third-order valence-electron chi connectivity index (χ3n) is 4.92. The van der Waals surface area contributed by atoms with Crippen LogP contribution in [0.25, 0.3) is 0 Å². The lowest BCUT2D eigenvalue weighted by molar-refractivity contribution is -0.141. The van der Waals surface area contributed by atoms with Gasteiger partial charge in [0.05, 0.1) is 24.9 Å². The van der Waals surface area contributed by atoms with Crippen LogP contribution in [0.15, 0.2) is 12.1 Å². The van der Waals surface area contributed by atoms with Gasteiger partial charge < -0.3 is 35.2 Å². The molecule has 152 valence electrons. The van der Waals surface area contributed by atoms with Crippen LogP contribution in [0.2, 0.25) is 6.32 Å². The van der Waals surface area contributed by atoms with E-state index >= 15 is 0 Å². The van der Waals surface area contributed by atoms with E-state index in [9.17, 15) is 29.5 Å². The Bertz CT molecular complexity index is 822. The zero-order valence-electron chi connectivity index (χ0n) is 15.3. The molecule has 2 aliphatic heterocycles. The number of aromatic carboxylic acids is 1. The van der Waals surface area contributed by atoms with Crippen LogP contribution in [0.1, 0.15) is 29.3 Å². The maximum absolute atomic E-state index is 12.0. The van der Waals surface area contributed by atoms with Gasteiger partial charge in [-0.3, -0.25) is 9.59 Å². The Morgan fingerprint density at radius 1 is 1.36 bits per heavy atom. The highest BCUT2D eigenvalue weighted by molar-refractivity contribution is 6.59. The summed E-state index contributed by atoms with van der Waals surface area (Å²) in [5.41, 5.74) is 5.85. The molecule has 0 radical (unpaired) electrons. The minimum atomic E-state index is -3.11.